The van der Waals surface area contributed by atoms with E-state index in [1.54, 1.807) is 0 Å². The smallest absolute Gasteiger partial charge is 0.123 e. The summed E-state index contributed by atoms with van der Waals surface area (Å²) in [6.45, 7) is 4.58. The molecule has 21 heavy (non-hydrogen) atoms. The van der Waals surface area contributed by atoms with E-state index in [0.717, 1.165) is 37.4 Å². The summed E-state index contributed by atoms with van der Waals surface area (Å²) in [5, 5.41) is 3.34. The third kappa shape index (κ3) is 3.31. The molecule has 0 aliphatic carbocycles. The van der Waals surface area contributed by atoms with Gasteiger partial charge in [-0.25, -0.2) is 9.37 Å². The highest BCUT2D eigenvalue weighted by Gasteiger charge is 2.21. The highest BCUT2D eigenvalue weighted by molar-refractivity contribution is 5.17. The highest BCUT2D eigenvalue weighted by atomic mass is 19.1. The third-order valence-electron chi connectivity index (χ3n) is 3.87. The van der Waals surface area contributed by atoms with Crippen molar-refractivity contribution in [2.45, 2.75) is 25.5 Å². The molecule has 1 aromatic carbocycles. The number of benzene rings is 1. The normalized spacial score (nSPS) is 20.4. The van der Waals surface area contributed by atoms with Crippen LogP contribution in [0.15, 0.2) is 36.8 Å². The first-order valence-corrected chi connectivity index (χ1v) is 7.32. The molecule has 5 heteroatoms. The Morgan fingerprint density at radius 3 is 2.95 bits per heavy atom. The van der Waals surface area contributed by atoms with Gasteiger partial charge in [-0.2, -0.15) is 0 Å². The average Bonchev–Trinajstić information content (AvgIpc) is 3.00. The van der Waals surface area contributed by atoms with Crippen LogP contribution in [0.25, 0.3) is 0 Å². The molecule has 2 atom stereocenters. The molecule has 2 heterocycles. The van der Waals surface area contributed by atoms with Gasteiger partial charge in [-0.1, -0.05) is 12.1 Å². The Balaban J connectivity index is 1.74. The number of nitrogens with zero attached hydrogens (tertiary/aromatic N) is 2. The fraction of sp³-hybridized carbons (Fsp3) is 0.438. The summed E-state index contributed by atoms with van der Waals surface area (Å²) >= 11 is 0. The van der Waals surface area contributed by atoms with Crippen molar-refractivity contribution in [3.05, 3.63) is 53.9 Å². The van der Waals surface area contributed by atoms with Gasteiger partial charge >= 0.3 is 0 Å². The molecule has 0 radical (unpaired) electrons. The quantitative estimate of drug-likeness (QED) is 0.940. The van der Waals surface area contributed by atoms with Crippen molar-refractivity contribution in [2.24, 2.45) is 0 Å². The zero-order valence-corrected chi connectivity index (χ0v) is 12.1. The fourth-order valence-corrected chi connectivity index (χ4v) is 2.75. The van der Waals surface area contributed by atoms with Crippen LogP contribution in [0.1, 0.15) is 30.3 Å². The van der Waals surface area contributed by atoms with Crippen LogP contribution >= 0.6 is 0 Å². The van der Waals surface area contributed by atoms with E-state index in [1.165, 1.54) is 12.1 Å². The van der Waals surface area contributed by atoms with Crippen molar-refractivity contribution in [1.82, 2.24) is 14.9 Å². The van der Waals surface area contributed by atoms with Crippen LogP contribution in [0.5, 0.6) is 0 Å². The zero-order chi connectivity index (χ0) is 14.7. The van der Waals surface area contributed by atoms with Gasteiger partial charge in [-0.15, -0.1) is 0 Å². The average molecular weight is 289 g/mol. The van der Waals surface area contributed by atoms with E-state index < -0.39 is 0 Å². The largest absolute Gasteiger partial charge is 0.369 e. The molecule has 2 unspecified atom stereocenters. The fourth-order valence-electron chi connectivity index (χ4n) is 2.75. The highest BCUT2D eigenvalue weighted by Crippen LogP contribution is 2.23. The number of hydrogen-bond donors (Lipinski definition) is 1. The van der Waals surface area contributed by atoms with Gasteiger partial charge in [0, 0.05) is 19.1 Å². The van der Waals surface area contributed by atoms with Crippen molar-refractivity contribution >= 4 is 0 Å². The Morgan fingerprint density at radius 1 is 1.43 bits per heavy atom. The number of rotatable bonds is 4. The number of nitrogens with one attached hydrogen (secondary N) is 1. The number of morpholine rings is 1. The first-order chi connectivity index (χ1) is 10.2. The summed E-state index contributed by atoms with van der Waals surface area (Å²) in [5.74, 6) is -0.198. The predicted molar refractivity (Wildman–Crippen MR) is 78.6 cm³/mol. The molecule has 3 rings (SSSR count). The van der Waals surface area contributed by atoms with E-state index in [9.17, 15) is 4.39 Å². The van der Waals surface area contributed by atoms with Crippen molar-refractivity contribution in [1.29, 1.82) is 0 Å². The van der Waals surface area contributed by atoms with Crippen molar-refractivity contribution in [3.63, 3.8) is 0 Å². The van der Waals surface area contributed by atoms with Crippen molar-refractivity contribution in [2.75, 3.05) is 19.7 Å². The molecule has 0 spiro atoms. The van der Waals surface area contributed by atoms with Gasteiger partial charge in [0.1, 0.15) is 11.9 Å². The first kappa shape index (κ1) is 14.2. The Hall–Kier alpha value is -1.72. The number of hydrogen-bond acceptors (Lipinski definition) is 3. The second kappa shape index (κ2) is 6.37. The number of imidazole rings is 1. The second-order valence-corrected chi connectivity index (χ2v) is 5.47. The molecular formula is C16H20FN3O. The molecule has 1 aliphatic rings. The van der Waals surface area contributed by atoms with Crippen LogP contribution in [0.3, 0.4) is 0 Å². The number of halogens is 1. The SMILES string of the molecule is CC(Cc1ccc(F)cc1)n1cncc1C1CNCCO1. The minimum absolute atomic E-state index is 0.0527. The summed E-state index contributed by atoms with van der Waals surface area (Å²) in [7, 11) is 0. The summed E-state index contributed by atoms with van der Waals surface area (Å²) in [6, 6.07) is 6.93. The lowest BCUT2D eigenvalue weighted by Crippen LogP contribution is -2.34. The van der Waals surface area contributed by atoms with Gasteiger partial charge in [0.05, 0.1) is 24.8 Å². The monoisotopic (exact) mass is 289 g/mol. The first-order valence-electron chi connectivity index (χ1n) is 7.32. The van der Waals surface area contributed by atoms with Crippen LogP contribution in [0.4, 0.5) is 4.39 Å². The van der Waals surface area contributed by atoms with E-state index >= 15 is 0 Å². The van der Waals surface area contributed by atoms with Crippen LogP contribution < -0.4 is 5.32 Å². The van der Waals surface area contributed by atoms with Gasteiger partial charge in [-0.3, -0.25) is 0 Å². The number of aromatic nitrogens is 2. The van der Waals surface area contributed by atoms with Crippen LogP contribution in [-0.4, -0.2) is 29.2 Å². The molecule has 1 N–H and O–H groups in total. The van der Waals surface area contributed by atoms with Gasteiger partial charge in [-0.05, 0) is 31.0 Å². The standard InChI is InChI=1S/C16H20FN3O/c1-12(8-13-2-4-14(17)5-3-13)20-11-19-9-15(20)16-10-18-6-7-21-16/h2-5,9,11-12,16,18H,6-8,10H2,1H3. The third-order valence-corrected chi connectivity index (χ3v) is 3.87. The maximum Gasteiger partial charge on any atom is 0.123 e. The topological polar surface area (TPSA) is 39.1 Å². The molecule has 1 fully saturated rings. The van der Waals surface area contributed by atoms with Gasteiger partial charge in [0.25, 0.3) is 0 Å². The zero-order valence-electron chi connectivity index (χ0n) is 12.1. The van der Waals surface area contributed by atoms with Crippen LogP contribution in [0, 0.1) is 5.82 Å². The van der Waals surface area contributed by atoms with E-state index in [0.29, 0.717) is 0 Å². The maximum atomic E-state index is 13.0. The summed E-state index contributed by atoms with van der Waals surface area (Å²) in [4.78, 5) is 4.27. The Labute approximate surface area is 124 Å². The molecule has 4 nitrogen and oxygen atoms in total. The Bertz CT molecular complexity index is 575. The van der Waals surface area contributed by atoms with E-state index in [2.05, 4.69) is 21.8 Å². The molecule has 1 saturated heterocycles. The second-order valence-electron chi connectivity index (χ2n) is 5.47. The van der Waals surface area contributed by atoms with Crippen molar-refractivity contribution in [3.8, 4) is 0 Å². The summed E-state index contributed by atoms with van der Waals surface area (Å²) in [6.07, 6.45) is 4.61. The minimum atomic E-state index is -0.198. The molecule has 0 saturated carbocycles. The maximum absolute atomic E-state index is 13.0. The Morgan fingerprint density at radius 2 is 2.24 bits per heavy atom. The summed E-state index contributed by atoms with van der Waals surface area (Å²) in [5.41, 5.74) is 2.21. The van der Waals surface area contributed by atoms with E-state index in [-0.39, 0.29) is 18.0 Å². The Kier molecular flexibility index (Phi) is 4.31. The lowest BCUT2D eigenvalue weighted by Gasteiger charge is -2.26. The van der Waals surface area contributed by atoms with Gasteiger partial charge in [0.15, 0.2) is 0 Å². The molecular weight excluding hydrogens is 269 g/mol. The molecule has 1 aromatic heterocycles. The number of ether oxygens (including phenoxy) is 1. The van der Waals surface area contributed by atoms with E-state index in [1.807, 2.05) is 24.7 Å². The molecule has 2 aromatic rings. The van der Waals surface area contributed by atoms with Crippen molar-refractivity contribution < 1.29 is 9.13 Å². The molecule has 0 amide bonds. The lowest BCUT2D eigenvalue weighted by atomic mass is 10.1. The minimum Gasteiger partial charge on any atom is -0.369 e. The van der Waals surface area contributed by atoms with Crippen LogP contribution in [-0.2, 0) is 11.2 Å². The lowest BCUT2D eigenvalue weighted by molar-refractivity contribution is 0.0221. The predicted octanol–water partition coefficient (Wildman–Crippen LogP) is 2.49. The van der Waals surface area contributed by atoms with Crippen LogP contribution in [0.2, 0.25) is 0 Å². The van der Waals surface area contributed by atoms with Gasteiger partial charge < -0.3 is 14.6 Å². The van der Waals surface area contributed by atoms with E-state index in [4.69, 9.17) is 4.74 Å². The molecule has 112 valence electrons. The van der Waals surface area contributed by atoms with Gasteiger partial charge in [0.2, 0.25) is 0 Å². The molecule has 0 bridgehead atoms. The molecule has 1 aliphatic heterocycles. The summed E-state index contributed by atoms with van der Waals surface area (Å²) < 4.78 is 20.9.